The van der Waals surface area contributed by atoms with Gasteiger partial charge in [0.25, 0.3) is 0 Å². The van der Waals surface area contributed by atoms with Gasteiger partial charge in [-0.25, -0.2) is 0 Å². The van der Waals surface area contributed by atoms with Gasteiger partial charge in [-0.1, -0.05) is 12.1 Å². The molecule has 1 aliphatic rings. The van der Waals surface area contributed by atoms with Crippen molar-refractivity contribution < 1.29 is 9.90 Å². The summed E-state index contributed by atoms with van der Waals surface area (Å²) >= 11 is 0. The van der Waals surface area contributed by atoms with Gasteiger partial charge in [-0.3, -0.25) is 10.2 Å². The highest BCUT2D eigenvalue weighted by Gasteiger charge is 2.19. The highest BCUT2D eigenvalue weighted by atomic mass is 16.3. The SMILES string of the molecule is N=C1C=Cc2c(O)cccc2C1=O. The van der Waals surface area contributed by atoms with E-state index in [-0.39, 0.29) is 17.2 Å². The molecule has 0 atom stereocenters. The fraction of sp³-hybridized carbons (Fsp3) is 0. The minimum atomic E-state index is -0.339. The van der Waals surface area contributed by atoms with Crippen molar-refractivity contribution in [1.82, 2.24) is 0 Å². The second-order valence-electron chi connectivity index (χ2n) is 2.81. The molecule has 0 unspecified atom stereocenters. The fourth-order valence-corrected chi connectivity index (χ4v) is 1.31. The minimum Gasteiger partial charge on any atom is -0.507 e. The first-order chi connectivity index (χ1) is 6.20. The van der Waals surface area contributed by atoms with Gasteiger partial charge in [-0.05, 0) is 18.2 Å². The lowest BCUT2D eigenvalue weighted by Crippen LogP contribution is -2.15. The van der Waals surface area contributed by atoms with Gasteiger partial charge in [0.1, 0.15) is 11.5 Å². The molecule has 0 bridgehead atoms. The number of carbonyl (C=O) groups is 1. The van der Waals surface area contributed by atoms with Crippen LogP contribution in [0.25, 0.3) is 6.08 Å². The summed E-state index contributed by atoms with van der Waals surface area (Å²) < 4.78 is 0. The van der Waals surface area contributed by atoms with E-state index in [0.29, 0.717) is 11.1 Å². The van der Waals surface area contributed by atoms with Crippen LogP contribution in [0.2, 0.25) is 0 Å². The third-order valence-electron chi connectivity index (χ3n) is 1.99. The number of Topliss-reactive ketones (excluding diaryl/α,β-unsaturated/α-hetero) is 1. The van der Waals surface area contributed by atoms with Gasteiger partial charge in [-0.15, -0.1) is 0 Å². The Hall–Kier alpha value is -1.90. The minimum absolute atomic E-state index is 0.0434. The predicted molar refractivity (Wildman–Crippen MR) is 49.2 cm³/mol. The predicted octanol–water partition coefficient (Wildman–Crippen LogP) is 1.62. The average Bonchev–Trinajstić information content (AvgIpc) is 2.12. The molecule has 0 aliphatic heterocycles. The summed E-state index contributed by atoms with van der Waals surface area (Å²) in [5, 5.41) is 16.7. The number of aromatic hydroxyl groups is 1. The van der Waals surface area contributed by atoms with Crippen LogP contribution >= 0.6 is 0 Å². The largest absolute Gasteiger partial charge is 0.507 e. The molecule has 0 spiro atoms. The molecule has 1 aromatic carbocycles. The summed E-state index contributed by atoms with van der Waals surface area (Å²) in [6, 6.07) is 4.72. The molecule has 3 heteroatoms. The Morgan fingerprint density at radius 2 is 2.00 bits per heavy atom. The van der Waals surface area contributed by atoms with E-state index in [4.69, 9.17) is 5.41 Å². The molecule has 1 aromatic rings. The molecule has 0 saturated carbocycles. The lowest BCUT2D eigenvalue weighted by molar-refractivity contribution is 0.106. The van der Waals surface area contributed by atoms with E-state index in [1.165, 1.54) is 12.1 Å². The van der Waals surface area contributed by atoms with Gasteiger partial charge < -0.3 is 5.11 Å². The van der Waals surface area contributed by atoms with E-state index in [2.05, 4.69) is 0 Å². The average molecular weight is 173 g/mol. The summed E-state index contributed by atoms with van der Waals surface area (Å²) in [6.45, 7) is 0. The van der Waals surface area contributed by atoms with E-state index in [9.17, 15) is 9.90 Å². The van der Waals surface area contributed by atoms with Gasteiger partial charge in [0.05, 0.1) is 0 Å². The summed E-state index contributed by atoms with van der Waals surface area (Å²) in [5.41, 5.74) is 0.856. The lowest BCUT2D eigenvalue weighted by Gasteiger charge is -2.10. The number of phenolic OH excluding ortho intramolecular Hbond substituents is 1. The number of allylic oxidation sites excluding steroid dienone is 1. The van der Waals surface area contributed by atoms with E-state index in [1.54, 1.807) is 18.2 Å². The Bertz CT molecular complexity index is 433. The Balaban J connectivity index is 2.72. The molecule has 0 radical (unpaired) electrons. The van der Waals surface area contributed by atoms with Crippen molar-refractivity contribution in [2.75, 3.05) is 0 Å². The van der Waals surface area contributed by atoms with Crippen LogP contribution in [0.4, 0.5) is 0 Å². The number of carbonyl (C=O) groups excluding carboxylic acids is 1. The molecule has 0 amide bonds. The van der Waals surface area contributed by atoms with Crippen molar-refractivity contribution in [3.05, 3.63) is 35.4 Å². The van der Waals surface area contributed by atoms with Gasteiger partial charge in [-0.2, -0.15) is 0 Å². The molecule has 64 valence electrons. The second-order valence-corrected chi connectivity index (χ2v) is 2.81. The number of hydrogen-bond donors (Lipinski definition) is 2. The van der Waals surface area contributed by atoms with E-state index >= 15 is 0 Å². The first-order valence-corrected chi connectivity index (χ1v) is 3.83. The molecular formula is C10H7NO2. The van der Waals surface area contributed by atoms with Crippen LogP contribution in [0.15, 0.2) is 24.3 Å². The molecule has 2 rings (SSSR count). The summed E-state index contributed by atoms with van der Waals surface area (Å²) in [5.74, 6) is -0.261. The Kier molecular flexibility index (Phi) is 1.52. The third-order valence-corrected chi connectivity index (χ3v) is 1.99. The zero-order chi connectivity index (χ0) is 9.42. The quantitative estimate of drug-likeness (QED) is 0.626. The smallest absolute Gasteiger partial charge is 0.211 e. The van der Waals surface area contributed by atoms with Crippen molar-refractivity contribution in [3.8, 4) is 5.75 Å². The van der Waals surface area contributed by atoms with Gasteiger partial charge in [0.15, 0.2) is 0 Å². The number of benzene rings is 1. The monoisotopic (exact) mass is 173 g/mol. The van der Waals surface area contributed by atoms with E-state index in [0.717, 1.165) is 0 Å². The van der Waals surface area contributed by atoms with Crippen molar-refractivity contribution >= 4 is 17.6 Å². The maximum absolute atomic E-state index is 11.4. The molecule has 0 fully saturated rings. The van der Waals surface area contributed by atoms with Crippen molar-refractivity contribution in [1.29, 1.82) is 5.41 Å². The van der Waals surface area contributed by atoms with Gasteiger partial charge in [0.2, 0.25) is 5.78 Å². The Labute approximate surface area is 74.8 Å². The van der Waals surface area contributed by atoms with Crippen LogP contribution < -0.4 is 0 Å². The topological polar surface area (TPSA) is 61.1 Å². The Morgan fingerprint density at radius 1 is 1.23 bits per heavy atom. The van der Waals surface area contributed by atoms with Crippen LogP contribution in [0.3, 0.4) is 0 Å². The zero-order valence-corrected chi connectivity index (χ0v) is 6.74. The first kappa shape index (κ1) is 7.73. The molecule has 2 N–H and O–H groups in total. The number of rotatable bonds is 0. The zero-order valence-electron chi connectivity index (χ0n) is 6.74. The number of fused-ring (bicyclic) bond motifs is 1. The molecular weight excluding hydrogens is 166 g/mol. The lowest BCUT2D eigenvalue weighted by atomic mass is 9.94. The summed E-state index contributed by atoms with van der Waals surface area (Å²) in [4.78, 5) is 11.4. The second kappa shape index (κ2) is 2.55. The van der Waals surface area contributed by atoms with Crippen molar-refractivity contribution in [2.24, 2.45) is 0 Å². The third kappa shape index (κ3) is 1.05. The Morgan fingerprint density at radius 3 is 2.77 bits per heavy atom. The van der Waals surface area contributed by atoms with Crippen LogP contribution in [0, 0.1) is 5.41 Å². The van der Waals surface area contributed by atoms with Crippen LogP contribution in [0.5, 0.6) is 5.75 Å². The van der Waals surface area contributed by atoms with Gasteiger partial charge in [0, 0.05) is 11.1 Å². The molecule has 3 nitrogen and oxygen atoms in total. The standard InChI is InChI=1S/C10H7NO2/c11-8-5-4-6-7(10(8)13)2-1-3-9(6)12/h1-5,11-12H. The molecule has 0 aromatic heterocycles. The van der Waals surface area contributed by atoms with Crippen molar-refractivity contribution in [3.63, 3.8) is 0 Å². The number of nitrogens with one attached hydrogen (secondary N) is 1. The number of hydrogen-bond acceptors (Lipinski definition) is 3. The number of ketones is 1. The maximum atomic E-state index is 11.4. The number of phenols is 1. The highest BCUT2D eigenvalue weighted by molar-refractivity contribution is 6.51. The molecule has 13 heavy (non-hydrogen) atoms. The molecule has 1 aliphatic carbocycles. The first-order valence-electron chi connectivity index (χ1n) is 3.83. The van der Waals surface area contributed by atoms with E-state index in [1.807, 2.05) is 0 Å². The normalized spacial score (nSPS) is 14.5. The van der Waals surface area contributed by atoms with Crippen LogP contribution in [0.1, 0.15) is 15.9 Å². The van der Waals surface area contributed by atoms with Gasteiger partial charge >= 0.3 is 0 Å². The summed E-state index contributed by atoms with van der Waals surface area (Å²) in [7, 11) is 0. The highest BCUT2D eigenvalue weighted by Crippen LogP contribution is 2.25. The van der Waals surface area contributed by atoms with Crippen molar-refractivity contribution in [2.45, 2.75) is 0 Å². The molecule has 0 saturated heterocycles. The fourth-order valence-electron chi connectivity index (χ4n) is 1.31. The van der Waals surface area contributed by atoms with Crippen LogP contribution in [-0.4, -0.2) is 16.6 Å². The molecule has 0 heterocycles. The van der Waals surface area contributed by atoms with Crippen LogP contribution in [-0.2, 0) is 0 Å². The van der Waals surface area contributed by atoms with E-state index < -0.39 is 0 Å². The maximum Gasteiger partial charge on any atom is 0.211 e. The summed E-state index contributed by atoms with van der Waals surface area (Å²) in [6.07, 6.45) is 2.97.